The predicted molar refractivity (Wildman–Crippen MR) is 71.3 cm³/mol. The van der Waals surface area contributed by atoms with E-state index in [2.05, 4.69) is 26.9 Å². The van der Waals surface area contributed by atoms with Gasteiger partial charge in [-0.3, -0.25) is 4.90 Å². The summed E-state index contributed by atoms with van der Waals surface area (Å²) in [7, 11) is 0. The molecular weight excluding hydrogens is 272 g/mol. The van der Waals surface area contributed by atoms with Crippen molar-refractivity contribution in [2.24, 2.45) is 0 Å². The molecule has 2 aliphatic rings. The van der Waals surface area contributed by atoms with E-state index in [1.54, 1.807) is 6.26 Å². The van der Waals surface area contributed by atoms with Crippen molar-refractivity contribution in [1.82, 2.24) is 20.0 Å². The highest BCUT2D eigenvalue weighted by Crippen LogP contribution is 2.38. The lowest BCUT2D eigenvalue weighted by Crippen LogP contribution is -2.42. The molecule has 3 heterocycles. The lowest BCUT2D eigenvalue weighted by molar-refractivity contribution is -0.0933. The molecule has 112 valence electrons. The molecule has 7 nitrogen and oxygen atoms in total. The minimum Gasteiger partial charge on any atom is -0.451 e. The first-order chi connectivity index (χ1) is 10.3. The molecule has 0 N–H and O–H groups in total. The lowest BCUT2D eigenvalue weighted by Gasteiger charge is -2.34. The van der Waals surface area contributed by atoms with Gasteiger partial charge in [0.2, 0.25) is 0 Å². The number of hydrogen-bond donors (Lipinski definition) is 0. The van der Waals surface area contributed by atoms with Gasteiger partial charge in [0.25, 0.3) is 5.89 Å². The fraction of sp³-hybridized carbons (Fsp3) is 0.643. The molecule has 2 aromatic rings. The summed E-state index contributed by atoms with van der Waals surface area (Å²) in [6.07, 6.45) is 5.41. The quantitative estimate of drug-likeness (QED) is 0.851. The summed E-state index contributed by atoms with van der Waals surface area (Å²) < 4.78 is 16.4. The summed E-state index contributed by atoms with van der Waals surface area (Å²) in [6, 6.07) is 0. The molecule has 2 atom stereocenters. The zero-order valence-electron chi connectivity index (χ0n) is 11.9. The van der Waals surface area contributed by atoms with E-state index in [1.807, 2.05) is 0 Å². The smallest absolute Gasteiger partial charge is 0.257 e. The third-order valence-electron chi connectivity index (χ3n) is 3.88. The summed E-state index contributed by atoms with van der Waals surface area (Å²) in [5, 5.41) is 4.07. The lowest BCUT2D eigenvalue weighted by atomic mass is 10.2. The van der Waals surface area contributed by atoms with Gasteiger partial charge in [0.15, 0.2) is 12.2 Å². The van der Waals surface area contributed by atoms with Crippen molar-refractivity contribution in [2.75, 3.05) is 13.1 Å². The largest absolute Gasteiger partial charge is 0.451 e. The summed E-state index contributed by atoms with van der Waals surface area (Å²) in [4.78, 5) is 10.9. The first-order valence-electron chi connectivity index (χ1n) is 7.36. The van der Waals surface area contributed by atoms with Crippen molar-refractivity contribution in [3.05, 3.63) is 30.1 Å². The van der Waals surface area contributed by atoms with Crippen LogP contribution in [0.1, 0.15) is 49.2 Å². The minimum absolute atomic E-state index is 0.118. The molecule has 0 amide bonds. The highest BCUT2D eigenvalue weighted by atomic mass is 16.5. The Balaban J connectivity index is 1.46. The molecule has 2 fully saturated rings. The third kappa shape index (κ3) is 2.84. The Kier molecular flexibility index (Phi) is 3.23. The molecule has 1 saturated heterocycles. The van der Waals surface area contributed by atoms with Crippen LogP contribution in [0.5, 0.6) is 0 Å². The van der Waals surface area contributed by atoms with Gasteiger partial charge in [-0.15, -0.1) is 0 Å². The van der Waals surface area contributed by atoms with Crippen LogP contribution in [-0.2, 0) is 11.3 Å². The molecule has 4 rings (SSSR count). The normalized spacial score (nSPS) is 27.1. The van der Waals surface area contributed by atoms with Crippen molar-refractivity contribution >= 4 is 0 Å². The van der Waals surface area contributed by atoms with E-state index < -0.39 is 0 Å². The first kappa shape index (κ1) is 13.0. The van der Waals surface area contributed by atoms with E-state index >= 15 is 0 Å². The van der Waals surface area contributed by atoms with Gasteiger partial charge in [0, 0.05) is 25.6 Å². The zero-order chi connectivity index (χ0) is 14.2. The number of ether oxygens (including phenoxy) is 1. The Morgan fingerprint density at radius 3 is 3.00 bits per heavy atom. The molecule has 0 unspecified atom stereocenters. The molecule has 2 aromatic heterocycles. The topological polar surface area (TPSA) is 77.4 Å². The van der Waals surface area contributed by atoms with Crippen molar-refractivity contribution < 1.29 is 13.7 Å². The number of nitrogens with zero attached hydrogens (tertiary/aromatic N) is 4. The third-order valence-corrected chi connectivity index (χ3v) is 3.88. The second-order valence-electron chi connectivity index (χ2n) is 5.87. The van der Waals surface area contributed by atoms with E-state index in [1.165, 1.54) is 19.2 Å². The van der Waals surface area contributed by atoms with E-state index in [4.69, 9.17) is 13.7 Å². The summed E-state index contributed by atoms with van der Waals surface area (Å²) in [6.45, 7) is 4.38. The number of hydrogen-bond acceptors (Lipinski definition) is 7. The molecule has 0 bridgehead atoms. The fourth-order valence-electron chi connectivity index (χ4n) is 2.73. The van der Waals surface area contributed by atoms with Crippen LogP contribution >= 0.6 is 0 Å². The second kappa shape index (κ2) is 5.23. The van der Waals surface area contributed by atoms with Crippen LogP contribution in [0, 0.1) is 0 Å². The molecule has 1 aliphatic heterocycles. The highest BCUT2D eigenvalue weighted by Gasteiger charge is 2.34. The summed E-state index contributed by atoms with van der Waals surface area (Å²) in [5.41, 5.74) is 0.923. The highest BCUT2D eigenvalue weighted by molar-refractivity contribution is 5.05. The van der Waals surface area contributed by atoms with E-state index in [-0.39, 0.29) is 12.2 Å². The van der Waals surface area contributed by atoms with Gasteiger partial charge in [0.1, 0.15) is 12.4 Å². The van der Waals surface area contributed by atoms with Crippen molar-refractivity contribution in [2.45, 2.75) is 44.4 Å². The average Bonchev–Trinajstić information content (AvgIpc) is 2.99. The Bertz CT molecular complexity index is 593. The molecule has 7 heteroatoms. The van der Waals surface area contributed by atoms with Gasteiger partial charge < -0.3 is 13.7 Å². The molecular formula is C14H18N4O3. The summed E-state index contributed by atoms with van der Waals surface area (Å²) >= 11 is 0. The zero-order valence-corrected chi connectivity index (χ0v) is 11.9. The Hall–Kier alpha value is -1.73. The van der Waals surface area contributed by atoms with Crippen LogP contribution in [0.25, 0.3) is 0 Å². The number of rotatable bonds is 4. The van der Waals surface area contributed by atoms with Gasteiger partial charge >= 0.3 is 0 Å². The van der Waals surface area contributed by atoms with Crippen molar-refractivity contribution in [3.63, 3.8) is 0 Å². The Morgan fingerprint density at radius 2 is 2.24 bits per heavy atom. The van der Waals surface area contributed by atoms with Crippen LogP contribution in [0.15, 0.2) is 21.6 Å². The molecule has 0 aromatic carbocycles. The van der Waals surface area contributed by atoms with Crippen LogP contribution in [0.2, 0.25) is 0 Å². The molecule has 0 radical (unpaired) electrons. The van der Waals surface area contributed by atoms with Gasteiger partial charge in [-0.05, 0) is 19.8 Å². The number of aromatic nitrogens is 3. The van der Waals surface area contributed by atoms with E-state index in [9.17, 15) is 0 Å². The van der Waals surface area contributed by atoms with E-state index in [0.29, 0.717) is 11.8 Å². The Labute approximate surface area is 122 Å². The molecule has 1 aliphatic carbocycles. The Morgan fingerprint density at radius 1 is 1.33 bits per heavy atom. The van der Waals surface area contributed by atoms with Crippen LogP contribution in [0.4, 0.5) is 0 Å². The predicted octanol–water partition coefficient (Wildman–Crippen LogP) is 1.90. The minimum atomic E-state index is -0.166. The van der Waals surface area contributed by atoms with E-state index in [0.717, 1.165) is 31.2 Å². The average molecular weight is 290 g/mol. The van der Waals surface area contributed by atoms with Crippen LogP contribution in [0.3, 0.4) is 0 Å². The molecule has 21 heavy (non-hydrogen) atoms. The summed E-state index contributed by atoms with van der Waals surface area (Å²) in [5.74, 6) is 1.92. The standard InChI is InChI=1S/C14H18N4O3/c1-9-4-18(5-11-7-19-8-15-11)6-12(20-9)14-16-13(17-21-14)10-2-3-10/h7-10,12H,2-6H2,1H3/t9-,12-/m1/s1. The van der Waals surface area contributed by atoms with Gasteiger partial charge in [-0.1, -0.05) is 5.16 Å². The molecule has 1 saturated carbocycles. The second-order valence-corrected chi connectivity index (χ2v) is 5.87. The first-order valence-corrected chi connectivity index (χ1v) is 7.36. The van der Waals surface area contributed by atoms with Gasteiger partial charge in [-0.25, -0.2) is 4.98 Å². The number of morpholine rings is 1. The van der Waals surface area contributed by atoms with Gasteiger partial charge in [0.05, 0.1) is 11.8 Å². The van der Waals surface area contributed by atoms with Crippen LogP contribution < -0.4 is 0 Å². The van der Waals surface area contributed by atoms with Crippen molar-refractivity contribution in [3.8, 4) is 0 Å². The van der Waals surface area contributed by atoms with Crippen LogP contribution in [-0.4, -0.2) is 39.2 Å². The maximum absolute atomic E-state index is 5.95. The van der Waals surface area contributed by atoms with Crippen molar-refractivity contribution in [1.29, 1.82) is 0 Å². The monoisotopic (exact) mass is 290 g/mol. The van der Waals surface area contributed by atoms with Gasteiger partial charge in [-0.2, -0.15) is 4.98 Å². The molecule has 0 spiro atoms. The maximum Gasteiger partial charge on any atom is 0.257 e. The fourth-order valence-corrected chi connectivity index (χ4v) is 2.73. The number of oxazole rings is 1. The maximum atomic E-state index is 5.95. The SMILES string of the molecule is C[C@@H]1CN(Cc2cocn2)C[C@H](c2nc(C3CC3)no2)O1.